The van der Waals surface area contributed by atoms with E-state index in [4.69, 9.17) is 4.74 Å². The number of carbonyl (C=O) groups excluding carboxylic acids is 2. The molecule has 2 rings (SSSR count). The summed E-state index contributed by atoms with van der Waals surface area (Å²) in [6.45, 7) is 10.8. The average molecular weight is 367 g/mol. The molecule has 2 heterocycles. The van der Waals surface area contributed by atoms with Crippen molar-refractivity contribution in [3.8, 4) is 0 Å². The van der Waals surface area contributed by atoms with E-state index in [0.29, 0.717) is 6.61 Å². The fraction of sp³-hybridized carbons (Fsp3) is 0.833. The molecule has 0 atom stereocenters. The van der Waals surface area contributed by atoms with Crippen molar-refractivity contribution in [2.24, 2.45) is 10.9 Å². The minimum absolute atomic E-state index is 0.0156. The molecule has 0 aliphatic carbocycles. The van der Waals surface area contributed by atoms with Crippen molar-refractivity contribution >= 4 is 17.8 Å². The molecule has 8 heteroatoms. The third-order valence-electron chi connectivity index (χ3n) is 5.15. The molecule has 0 bridgehead atoms. The maximum atomic E-state index is 11.8. The van der Waals surface area contributed by atoms with Gasteiger partial charge in [0.25, 0.3) is 0 Å². The molecule has 1 N–H and O–H groups in total. The Labute approximate surface area is 156 Å². The van der Waals surface area contributed by atoms with Crippen LogP contribution in [0.25, 0.3) is 0 Å². The molecule has 148 valence electrons. The number of hydrogen-bond acceptors (Lipinski definition) is 5. The van der Waals surface area contributed by atoms with Crippen LogP contribution in [0.3, 0.4) is 0 Å². The predicted octanol–water partition coefficient (Wildman–Crippen LogP) is 0.00100. The number of nitrogens with one attached hydrogen (secondary N) is 1. The number of rotatable bonds is 5. The van der Waals surface area contributed by atoms with Gasteiger partial charge in [0, 0.05) is 66.3 Å². The van der Waals surface area contributed by atoms with Gasteiger partial charge in [0.2, 0.25) is 5.91 Å². The minimum atomic E-state index is -0.0696. The zero-order valence-electron chi connectivity index (χ0n) is 16.4. The van der Waals surface area contributed by atoms with E-state index in [2.05, 4.69) is 20.1 Å². The van der Waals surface area contributed by atoms with E-state index < -0.39 is 0 Å². The number of hydrogen-bond donors (Lipinski definition) is 1. The number of piperazine rings is 1. The van der Waals surface area contributed by atoms with Crippen LogP contribution in [-0.4, -0.2) is 98.5 Å². The van der Waals surface area contributed by atoms with Gasteiger partial charge in [-0.25, -0.2) is 0 Å². The Balaban J connectivity index is 1.67. The number of aliphatic imine (C=N–C) groups is 1. The normalized spacial score (nSPS) is 20.2. The number of guanidine groups is 1. The minimum Gasteiger partial charge on any atom is -0.466 e. The zero-order valence-corrected chi connectivity index (χ0v) is 16.4. The molecule has 0 unspecified atom stereocenters. The first-order valence-electron chi connectivity index (χ1n) is 9.65. The van der Waals surface area contributed by atoms with E-state index in [-0.39, 0.29) is 17.8 Å². The van der Waals surface area contributed by atoms with E-state index in [1.54, 1.807) is 14.0 Å². The fourth-order valence-electron chi connectivity index (χ4n) is 3.53. The second-order valence-corrected chi connectivity index (χ2v) is 6.84. The third kappa shape index (κ3) is 5.86. The number of ether oxygens (including phenoxy) is 1. The molecule has 0 aromatic rings. The second-order valence-electron chi connectivity index (χ2n) is 6.84. The van der Waals surface area contributed by atoms with E-state index >= 15 is 0 Å². The van der Waals surface area contributed by atoms with Crippen molar-refractivity contribution in [3.05, 3.63) is 0 Å². The molecule has 0 aromatic heterocycles. The second kappa shape index (κ2) is 10.4. The Morgan fingerprint density at radius 2 is 1.73 bits per heavy atom. The molecule has 0 spiro atoms. The summed E-state index contributed by atoms with van der Waals surface area (Å²) in [5.74, 6) is 1.01. The molecular weight excluding hydrogens is 334 g/mol. The molecule has 1 amide bonds. The molecule has 8 nitrogen and oxygen atoms in total. The summed E-state index contributed by atoms with van der Waals surface area (Å²) in [5, 5.41) is 3.43. The zero-order chi connectivity index (χ0) is 18.9. The van der Waals surface area contributed by atoms with Crippen LogP contribution < -0.4 is 5.32 Å². The molecule has 0 aromatic carbocycles. The van der Waals surface area contributed by atoms with Crippen LogP contribution >= 0.6 is 0 Å². The number of carbonyl (C=O) groups is 2. The van der Waals surface area contributed by atoms with Gasteiger partial charge in [-0.15, -0.1) is 0 Å². The van der Waals surface area contributed by atoms with Crippen LogP contribution in [0, 0.1) is 5.92 Å². The van der Waals surface area contributed by atoms with Gasteiger partial charge in [0.1, 0.15) is 0 Å². The highest BCUT2D eigenvalue weighted by atomic mass is 16.5. The van der Waals surface area contributed by atoms with Gasteiger partial charge < -0.3 is 19.9 Å². The molecule has 2 fully saturated rings. The van der Waals surface area contributed by atoms with E-state index in [9.17, 15) is 9.59 Å². The first kappa shape index (κ1) is 20.5. The Morgan fingerprint density at radius 3 is 2.27 bits per heavy atom. The topological polar surface area (TPSA) is 77.5 Å². The monoisotopic (exact) mass is 367 g/mol. The van der Waals surface area contributed by atoms with Crippen molar-refractivity contribution in [2.45, 2.75) is 26.7 Å². The standard InChI is InChI=1S/C18H33N5O3/c1-4-26-17(25)16-5-8-23(9-6-16)18(19-3)20-7-10-21-11-13-22(14-12-21)15(2)24/h16H,4-14H2,1-3H3,(H,19,20). The third-order valence-corrected chi connectivity index (χ3v) is 5.15. The molecule has 2 aliphatic rings. The van der Waals surface area contributed by atoms with Gasteiger partial charge in [-0.05, 0) is 19.8 Å². The lowest BCUT2D eigenvalue weighted by Crippen LogP contribution is -2.51. The number of amides is 1. The summed E-state index contributed by atoms with van der Waals surface area (Å²) in [4.78, 5) is 34.1. The van der Waals surface area contributed by atoms with Crippen LogP contribution in [0.1, 0.15) is 26.7 Å². The van der Waals surface area contributed by atoms with E-state index in [0.717, 1.165) is 71.2 Å². The van der Waals surface area contributed by atoms with Gasteiger partial charge in [-0.1, -0.05) is 0 Å². The summed E-state index contributed by atoms with van der Waals surface area (Å²) < 4.78 is 5.12. The SMILES string of the molecule is CCOC(=O)C1CCN(C(=NC)NCCN2CCN(C(C)=O)CC2)CC1. The Bertz CT molecular complexity index is 495. The van der Waals surface area contributed by atoms with Gasteiger partial charge in [-0.3, -0.25) is 19.5 Å². The van der Waals surface area contributed by atoms with Crippen LogP contribution in [0.5, 0.6) is 0 Å². The maximum Gasteiger partial charge on any atom is 0.309 e. The van der Waals surface area contributed by atoms with Crippen molar-refractivity contribution in [2.75, 3.05) is 66.0 Å². The highest BCUT2D eigenvalue weighted by Gasteiger charge is 2.27. The Kier molecular flexibility index (Phi) is 8.15. The van der Waals surface area contributed by atoms with Crippen molar-refractivity contribution in [1.82, 2.24) is 20.0 Å². The molecular formula is C18H33N5O3. The quantitative estimate of drug-likeness (QED) is 0.419. The van der Waals surface area contributed by atoms with Gasteiger partial charge >= 0.3 is 5.97 Å². The Hall–Kier alpha value is -1.83. The molecule has 0 radical (unpaired) electrons. The van der Waals surface area contributed by atoms with Gasteiger partial charge in [-0.2, -0.15) is 0 Å². The summed E-state index contributed by atoms with van der Waals surface area (Å²) in [6, 6.07) is 0. The number of likely N-dealkylation sites (tertiary alicyclic amines) is 1. The smallest absolute Gasteiger partial charge is 0.309 e. The van der Waals surface area contributed by atoms with E-state index in [1.165, 1.54) is 0 Å². The van der Waals surface area contributed by atoms with Crippen LogP contribution in [-0.2, 0) is 14.3 Å². The first-order chi connectivity index (χ1) is 12.5. The maximum absolute atomic E-state index is 11.8. The lowest BCUT2D eigenvalue weighted by molar-refractivity contribution is -0.149. The summed E-state index contributed by atoms with van der Waals surface area (Å²) in [6.07, 6.45) is 1.62. The fourth-order valence-corrected chi connectivity index (χ4v) is 3.53. The largest absolute Gasteiger partial charge is 0.466 e. The van der Waals surface area contributed by atoms with Gasteiger partial charge in [0.05, 0.1) is 12.5 Å². The van der Waals surface area contributed by atoms with Crippen molar-refractivity contribution < 1.29 is 14.3 Å². The lowest BCUT2D eigenvalue weighted by atomic mass is 9.97. The van der Waals surface area contributed by atoms with Crippen LogP contribution in [0.2, 0.25) is 0 Å². The van der Waals surface area contributed by atoms with Crippen LogP contribution in [0.4, 0.5) is 0 Å². The Morgan fingerprint density at radius 1 is 1.08 bits per heavy atom. The van der Waals surface area contributed by atoms with Crippen molar-refractivity contribution in [3.63, 3.8) is 0 Å². The highest BCUT2D eigenvalue weighted by molar-refractivity contribution is 5.80. The van der Waals surface area contributed by atoms with Crippen LogP contribution in [0.15, 0.2) is 4.99 Å². The van der Waals surface area contributed by atoms with Gasteiger partial charge in [0.15, 0.2) is 5.96 Å². The molecule has 26 heavy (non-hydrogen) atoms. The highest BCUT2D eigenvalue weighted by Crippen LogP contribution is 2.18. The lowest BCUT2D eigenvalue weighted by Gasteiger charge is -2.35. The summed E-state index contributed by atoms with van der Waals surface area (Å²) in [5.41, 5.74) is 0. The van der Waals surface area contributed by atoms with Crippen molar-refractivity contribution in [1.29, 1.82) is 0 Å². The molecule has 2 aliphatic heterocycles. The number of esters is 1. The summed E-state index contributed by atoms with van der Waals surface area (Å²) in [7, 11) is 1.80. The summed E-state index contributed by atoms with van der Waals surface area (Å²) >= 11 is 0. The van der Waals surface area contributed by atoms with E-state index in [1.807, 2.05) is 11.8 Å². The molecule has 2 saturated heterocycles. The first-order valence-corrected chi connectivity index (χ1v) is 9.65. The molecule has 0 saturated carbocycles. The number of nitrogens with zero attached hydrogens (tertiary/aromatic N) is 4. The predicted molar refractivity (Wildman–Crippen MR) is 101 cm³/mol. The average Bonchev–Trinajstić information content (AvgIpc) is 2.66. The number of piperidine rings is 1.